The molecule has 2 aromatic rings. The van der Waals surface area contributed by atoms with Crippen molar-refractivity contribution in [1.82, 2.24) is 10.2 Å². The topological polar surface area (TPSA) is 58.6 Å². The molecule has 28 heavy (non-hydrogen) atoms. The summed E-state index contributed by atoms with van der Waals surface area (Å²) in [5, 5.41) is 3.78. The summed E-state index contributed by atoms with van der Waals surface area (Å²) in [4.78, 5) is 26.8. The zero-order chi connectivity index (χ0) is 20.5. The monoisotopic (exact) mass is 422 g/mol. The number of amides is 2. The zero-order valence-corrected chi connectivity index (χ0v) is 17.5. The largest absolute Gasteiger partial charge is 0.482 e. The van der Waals surface area contributed by atoms with Gasteiger partial charge in [-0.25, -0.2) is 0 Å². The zero-order valence-electron chi connectivity index (χ0n) is 16.0. The van der Waals surface area contributed by atoms with E-state index in [2.05, 4.69) is 5.32 Å². The summed E-state index contributed by atoms with van der Waals surface area (Å²) < 4.78 is 5.57. The number of hydrogen-bond acceptors (Lipinski definition) is 3. The van der Waals surface area contributed by atoms with Crippen molar-refractivity contribution in [3.8, 4) is 5.75 Å². The minimum Gasteiger partial charge on any atom is -0.482 e. The maximum Gasteiger partial charge on any atom is 0.261 e. The van der Waals surface area contributed by atoms with Crippen LogP contribution in [-0.4, -0.2) is 35.9 Å². The Morgan fingerprint density at radius 3 is 2.36 bits per heavy atom. The van der Waals surface area contributed by atoms with Crippen LogP contribution in [0.15, 0.2) is 48.5 Å². The minimum atomic E-state index is -0.676. The molecule has 0 saturated carbocycles. The number of benzene rings is 2. The van der Waals surface area contributed by atoms with Crippen LogP contribution in [0.25, 0.3) is 0 Å². The van der Waals surface area contributed by atoms with Gasteiger partial charge < -0.3 is 15.0 Å². The van der Waals surface area contributed by atoms with E-state index < -0.39 is 6.04 Å². The van der Waals surface area contributed by atoms with Gasteiger partial charge in [-0.15, -0.1) is 0 Å². The van der Waals surface area contributed by atoms with Gasteiger partial charge in [0.2, 0.25) is 5.91 Å². The van der Waals surface area contributed by atoms with Gasteiger partial charge in [0.15, 0.2) is 6.61 Å². The first-order valence-corrected chi connectivity index (χ1v) is 9.87. The van der Waals surface area contributed by atoms with Gasteiger partial charge in [0.1, 0.15) is 11.8 Å². The number of para-hydroxylation sites is 1. The number of halogens is 2. The molecule has 0 bridgehead atoms. The molecule has 0 radical (unpaired) electrons. The molecule has 0 fully saturated rings. The lowest BCUT2D eigenvalue weighted by Crippen LogP contribution is -2.49. The Morgan fingerprint density at radius 2 is 1.71 bits per heavy atom. The van der Waals surface area contributed by atoms with Crippen molar-refractivity contribution in [3.05, 3.63) is 64.1 Å². The molecule has 2 rings (SSSR count). The van der Waals surface area contributed by atoms with Crippen LogP contribution >= 0.6 is 23.2 Å². The molecule has 0 aliphatic heterocycles. The van der Waals surface area contributed by atoms with Crippen molar-refractivity contribution in [2.45, 2.75) is 32.9 Å². The molecular weight excluding hydrogens is 399 g/mol. The van der Waals surface area contributed by atoms with E-state index in [1.54, 1.807) is 37.3 Å². The maximum atomic E-state index is 12.9. The molecular formula is C21H24Cl2N2O3. The fraction of sp³-hybridized carbons (Fsp3) is 0.333. The molecule has 7 heteroatoms. The van der Waals surface area contributed by atoms with Crippen LogP contribution in [-0.2, 0) is 16.1 Å². The van der Waals surface area contributed by atoms with Crippen molar-refractivity contribution >= 4 is 35.0 Å². The highest BCUT2D eigenvalue weighted by molar-refractivity contribution is 6.32. The van der Waals surface area contributed by atoms with E-state index in [1.165, 1.54) is 4.90 Å². The lowest BCUT2D eigenvalue weighted by Gasteiger charge is -2.29. The van der Waals surface area contributed by atoms with Crippen LogP contribution in [0.1, 0.15) is 25.8 Å². The van der Waals surface area contributed by atoms with Gasteiger partial charge in [-0.2, -0.15) is 0 Å². The van der Waals surface area contributed by atoms with Crippen molar-refractivity contribution in [2.24, 2.45) is 0 Å². The van der Waals surface area contributed by atoms with E-state index >= 15 is 0 Å². The number of nitrogens with zero attached hydrogens (tertiary/aromatic N) is 1. The first kappa shape index (κ1) is 22.1. The average molecular weight is 423 g/mol. The maximum absolute atomic E-state index is 12.9. The highest BCUT2D eigenvalue weighted by atomic mass is 35.5. The number of rotatable bonds is 9. The van der Waals surface area contributed by atoms with Crippen LogP contribution < -0.4 is 10.1 Å². The van der Waals surface area contributed by atoms with Gasteiger partial charge in [0.25, 0.3) is 5.91 Å². The molecule has 0 heterocycles. The summed E-state index contributed by atoms with van der Waals surface area (Å²) in [6, 6.07) is 13.5. The number of hydrogen-bond donors (Lipinski definition) is 1. The third-order valence-electron chi connectivity index (χ3n) is 4.20. The summed E-state index contributed by atoms with van der Waals surface area (Å²) in [5.74, 6) is -0.141. The van der Waals surface area contributed by atoms with E-state index in [-0.39, 0.29) is 25.0 Å². The Balaban J connectivity index is 2.16. The van der Waals surface area contributed by atoms with Gasteiger partial charge in [-0.3, -0.25) is 9.59 Å². The molecule has 2 aromatic carbocycles. The van der Waals surface area contributed by atoms with Crippen LogP contribution in [0.4, 0.5) is 0 Å². The standard InChI is InChI=1S/C21H24Cl2N2O3/c1-3-12-24-21(27)15(2)25(13-16-8-4-5-9-17(16)22)20(26)14-28-19-11-7-6-10-18(19)23/h4-11,15H,3,12-14H2,1-2H3,(H,24,27)/t15-/m0/s1. The van der Waals surface area contributed by atoms with Gasteiger partial charge in [-0.1, -0.05) is 60.5 Å². The first-order valence-electron chi connectivity index (χ1n) is 9.12. The van der Waals surface area contributed by atoms with Crippen LogP contribution in [0.5, 0.6) is 5.75 Å². The molecule has 0 spiro atoms. The van der Waals surface area contributed by atoms with Crippen LogP contribution in [0.2, 0.25) is 10.0 Å². The fourth-order valence-corrected chi connectivity index (χ4v) is 2.96. The lowest BCUT2D eigenvalue weighted by molar-refractivity contribution is -0.142. The molecule has 0 aliphatic carbocycles. The number of carbonyl (C=O) groups excluding carboxylic acids is 2. The second-order valence-corrected chi connectivity index (χ2v) is 7.11. The van der Waals surface area contributed by atoms with E-state index in [1.807, 2.05) is 25.1 Å². The molecule has 1 atom stereocenters. The minimum absolute atomic E-state index is 0.200. The summed E-state index contributed by atoms with van der Waals surface area (Å²) in [5.41, 5.74) is 0.755. The Bertz CT molecular complexity index is 814. The highest BCUT2D eigenvalue weighted by Gasteiger charge is 2.27. The second-order valence-electron chi connectivity index (χ2n) is 6.30. The molecule has 2 amide bonds. The molecule has 5 nitrogen and oxygen atoms in total. The van der Waals surface area contributed by atoms with Crippen molar-refractivity contribution in [2.75, 3.05) is 13.2 Å². The molecule has 0 aromatic heterocycles. The van der Waals surface area contributed by atoms with E-state index in [9.17, 15) is 9.59 Å². The molecule has 150 valence electrons. The molecule has 0 unspecified atom stereocenters. The summed E-state index contributed by atoms with van der Waals surface area (Å²) in [6.45, 7) is 4.17. The number of carbonyl (C=O) groups is 2. The fourth-order valence-electron chi connectivity index (χ4n) is 2.57. The van der Waals surface area contributed by atoms with E-state index in [0.29, 0.717) is 22.3 Å². The van der Waals surface area contributed by atoms with Crippen LogP contribution in [0.3, 0.4) is 0 Å². The molecule has 1 N–H and O–H groups in total. The van der Waals surface area contributed by atoms with Gasteiger partial charge >= 0.3 is 0 Å². The quantitative estimate of drug-likeness (QED) is 0.654. The van der Waals surface area contributed by atoms with Crippen molar-refractivity contribution in [3.63, 3.8) is 0 Å². The molecule has 0 saturated heterocycles. The summed E-state index contributed by atoms with van der Waals surface area (Å²) >= 11 is 12.3. The van der Waals surface area contributed by atoms with Gasteiger partial charge in [0, 0.05) is 18.1 Å². The second kappa shape index (κ2) is 10.9. The number of nitrogens with one attached hydrogen (secondary N) is 1. The van der Waals surface area contributed by atoms with E-state index in [4.69, 9.17) is 27.9 Å². The predicted molar refractivity (Wildman–Crippen MR) is 112 cm³/mol. The Kier molecular flexibility index (Phi) is 8.61. The summed E-state index contributed by atoms with van der Waals surface area (Å²) in [6.07, 6.45) is 0.812. The van der Waals surface area contributed by atoms with Crippen LogP contribution in [0, 0.1) is 0 Å². The van der Waals surface area contributed by atoms with Gasteiger partial charge in [0.05, 0.1) is 5.02 Å². The van der Waals surface area contributed by atoms with Gasteiger partial charge in [-0.05, 0) is 37.1 Å². The highest BCUT2D eigenvalue weighted by Crippen LogP contribution is 2.23. The Hall–Kier alpha value is -2.24. The predicted octanol–water partition coefficient (Wildman–Crippen LogP) is 4.32. The number of ether oxygens (including phenoxy) is 1. The SMILES string of the molecule is CCCNC(=O)[C@H](C)N(Cc1ccccc1Cl)C(=O)COc1ccccc1Cl. The van der Waals surface area contributed by atoms with Crippen molar-refractivity contribution < 1.29 is 14.3 Å². The lowest BCUT2D eigenvalue weighted by atomic mass is 10.1. The molecule has 0 aliphatic rings. The third-order valence-corrected chi connectivity index (χ3v) is 4.88. The smallest absolute Gasteiger partial charge is 0.261 e. The normalized spacial score (nSPS) is 11.6. The third kappa shape index (κ3) is 6.14. The van der Waals surface area contributed by atoms with Crippen molar-refractivity contribution in [1.29, 1.82) is 0 Å². The summed E-state index contributed by atoms with van der Waals surface area (Å²) in [7, 11) is 0. The van der Waals surface area contributed by atoms with E-state index in [0.717, 1.165) is 12.0 Å². The Labute approximate surface area is 175 Å². The first-order chi connectivity index (χ1) is 13.4. The Morgan fingerprint density at radius 1 is 1.07 bits per heavy atom. The average Bonchev–Trinajstić information content (AvgIpc) is 2.70.